The van der Waals surface area contributed by atoms with Crippen molar-refractivity contribution in [2.45, 2.75) is 69.6 Å². The molecule has 0 bridgehead atoms. The highest BCUT2D eigenvalue weighted by atomic mass is 16.5. The van der Waals surface area contributed by atoms with Crippen LogP contribution in [0.3, 0.4) is 0 Å². The summed E-state index contributed by atoms with van der Waals surface area (Å²) in [5.74, 6) is -1.01. The van der Waals surface area contributed by atoms with Crippen LogP contribution >= 0.6 is 0 Å². The van der Waals surface area contributed by atoms with Gasteiger partial charge in [0, 0.05) is 13.1 Å². The fourth-order valence-corrected chi connectivity index (χ4v) is 3.05. The summed E-state index contributed by atoms with van der Waals surface area (Å²) in [6.07, 6.45) is 6.54. The fourth-order valence-electron chi connectivity index (χ4n) is 3.05. The van der Waals surface area contributed by atoms with Gasteiger partial charge in [-0.3, -0.25) is 4.79 Å². The molecule has 5 heteroatoms. The Morgan fingerprint density at radius 2 is 1.58 bits per heavy atom. The number of rotatable bonds is 3. The van der Waals surface area contributed by atoms with Crippen molar-refractivity contribution in [1.29, 1.82) is 0 Å². The molecule has 0 radical (unpaired) electrons. The van der Waals surface area contributed by atoms with Gasteiger partial charge in [0.15, 0.2) is 6.10 Å². The Hall–Kier alpha value is -1.10. The zero-order valence-electron chi connectivity index (χ0n) is 11.5. The number of carboxylic acid groups (broad SMARTS) is 1. The van der Waals surface area contributed by atoms with E-state index in [2.05, 4.69) is 0 Å². The van der Waals surface area contributed by atoms with Gasteiger partial charge in [0.25, 0.3) is 5.91 Å². The Morgan fingerprint density at radius 3 is 2.11 bits per heavy atom. The Bertz CT molecular complexity index is 336. The minimum atomic E-state index is -0.965. The van der Waals surface area contributed by atoms with E-state index in [-0.39, 0.29) is 5.91 Å². The Kier molecular flexibility index (Phi) is 4.80. The molecule has 1 aliphatic carbocycles. The minimum absolute atomic E-state index is 0.0457. The van der Waals surface area contributed by atoms with E-state index in [9.17, 15) is 9.59 Å². The summed E-state index contributed by atoms with van der Waals surface area (Å²) in [5, 5.41) is 8.89. The largest absolute Gasteiger partial charge is 0.479 e. The molecule has 2 unspecified atom stereocenters. The van der Waals surface area contributed by atoms with Gasteiger partial charge in [-0.2, -0.15) is 0 Å². The van der Waals surface area contributed by atoms with E-state index >= 15 is 0 Å². The number of carboxylic acids is 1. The lowest BCUT2D eigenvalue weighted by Gasteiger charge is -2.29. The Balaban J connectivity index is 1.90. The second kappa shape index (κ2) is 6.37. The zero-order chi connectivity index (χ0) is 13.8. The average Bonchev–Trinajstić information content (AvgIpc) is 2.73. The summed E-state index contributed by atoms with van der Waals surface area (Å²) < 4.78 is 5.34. The van der Waals surface area contributed by atoms with E-state index in [0.717, 1.165) is 12.8 Å². The first-order valence-corrected chi connectivity index (χ1v) is 7.24. The van der Waals surface area contributed by atoms with Crippen LogP contribution in [0.2, 0.25) is 0 Å². The van der Waals surface area contributed by atoms with Crippen molar-refractivity contribution in [3.8, 4) is 0 Å². The number of carbonyl (C=O) groups is 2. The summed E-state index contributed by atoms with van der Waals surface area (Å²) in [4.78, 5) is 25.0. The first-order valence-electron chi connectivity index (χ1n) is 7.24. The maximum atomic E-state index is 12.3. The molecule has 1 aliphatic heterocycles. The third kappa shape index (κ3) is 3.47. The van der Waals surface area contributed by atoms with Crippen molar-refractivity contribution < 1.29 is 19.4 Å². The maximum Gasteiger partial charge on any atom is 0.332 e. The highest BCUT2D eigenvalue weighted by molar-refractivity contribution is 5.82. The lowest BCUT2D eigenvalue weighted by atomic mass is 10.1. The lowest BCUT2D eigenvalue weighted by Crippen LogP contribution is -2.43. The first-order chi connectivity index (χ1) is 9.09. The quantitative estimate of drug-likeness (QED) is 0.793. The predicted octanol–water partition coefficient (Wildman–Crippen LogP) is 1.80. The molecule has 1 N–H and O–H groups in total. The molecule has 0 aromatic heterocycles. The van der Waals surface area contributed by atoms with Crippen LogP contribution in [0.5, 0.6) is 0 Å². The van der Waals surface area contributed by atoms with Gasteiger partial charge in [-0.25, -0.2) is 4.79 Å². The number of aliphatic carboxylic acids is 1. The van der Waals surface area contributed by atoms with Gasteiger partial charge in [0.05, 0.1) is 0 Å². The Labute approximate surface area is 113 Å². The summed E-state index contributed by atoms with van der Waals surface area (Å²) in [5.41, 5.74) is 0. The lowest BCUT2D eigenvalue weighted by molar-refractivity contribution is -0.155. The number of carbonyl (C=O) groups excluding carboxylic acids is 1. The molecule has 0 aromatic carbocycles. The summed E-state index contributed by atoms with van der Waals surface area (Å²) in [6, 6.07) is 0.294. The van der Waals surface area contributed by atoms with E-state index in [1.54, 1.807) is 4.90 Å². The van der Waals surface area contributed by atoms with Gasteiger partial charge in [-0.05, 0) is 25.7 Å². The molecule has 1 heterocycles. The van der Waals surface area contributed by atoms with Crippen molar-refractivity contribution in [2.24, 2.45) is 0 Å². The van der Waals surface area contributed by atoms with Crippen LogP contribution in [0.15, 0.2) is 0 Å². The highest BCUT2D eigenvalue weighted by Gasteiger charge is 2.37. The third-order valence-electron chi connectivity index (χ3n) is 4.29. The number of likely N-dealkylation sites (N-methyl/N-ethyl adjacent to an activating group) is 1. The molecule has 2 atom stereocenters. The molecular formula is C14H23NO4. The van der Waals surface area contributed by atoms with Gasteiger partial charge < -0.3 is 14.7 Å². The van der Waals surface area contributed by atoms with E-state index in [4.69, 9.17) is 9.84 Å². The van der Waals surface area contributed by atoms with Crippen LogP contribution in [0, 0.1) is 0 Å². The second-order valence-electron chi connectivity index (χ2n) is 5.62. The van der Waals surface area contributed by atoms with Gasteiger partial charge in [0.1, 0.15) is 6.10 Å². The van der Waals surface area contributed by atoms with E-state index in [0.29, 0.717) is 18.9 Å². The summed E-state index contributed by atoms with van der Waals surface area (Å²) in [7, 11) is 1.83. The molecule has 2 rings (SSSR count). The van der Waals surface area contributed by atoms with E-state index < -0.39 is 18.2 Å². The van der Waals surface area contributed by atoms with E-state index in [1.807, 2.05) is 7.05 Å². The topological polar surface area (TPSA) is 66.8 Å². The van der Waals surface area contributed by atoms with Crippen molar-refractivity contribution in [3.63, 3.8) is 0 Å². The van der Waals surface area contributed by atoms with Gasteiger partial charge in [-0.15, -0.1) is 0 Å². The van der Waals surface area contributed by atoms with Crippen LogP contribution in [-0.2, 0) is 14.3 Å². The SMILES string of the molecule is CN(C(=O)C1CCC(C(=O)O)O1)C1CCCCCC1. The predicted molar refractivity (Wildman–Crippen MR) is 69.8 cm³/mol. The summed E-state index contributed by atoms with van der Waals surface area (Å²) in [6.45, 7) is 0. The molecule has 1 saturated heterocycles. The van der Waals surface area contributed by atoms with Crippen molar-refractivity contribution in [1.82, 2.24) is 4.90 Å². The highest BCUT2D eigenvalue weighted by Crippen LogP contribution is 2.25. The monoisotopic (exact) mass is 269 g/mol. The minimum Gasteiger partial charge on any atom is -0.479 e. The van der Waals surface area contributed by atoms with Crippen molar-refractivity contribution in [2.75, 3.05) is 7.05 Å². The zero-order valence-corrected chi connectivity index (χ0v) is 11.5. The van der Waals surface area contributed by atoms with Crippen molar-refractivity contribution >= 4 is 11.9 Å². The van der Waals surface area contributed by atoms with Crippen LogP contribution in [0.1, 0.15) is 51.4 Å². The molecule has 108 valence electrons. The van der Waals surface area contributed by atoms with Crippen LogP contribution in [-0.4, -0.2) is 47.2 Å². The van der Waals surface area contributed by atoms with Crippen LogP contribution in [0.4, 0.5) is 0 Å². The number of nitrogens with zero attached hydrogens (tertiary/aromatic N) is 1. The van der Waals surface area contributed by atoms with Crippen LogP contribution < -0.4 is 0 Å². The number of hydrogen-bond donors (Lipinski definition) is 1. The molecule has 2 fully saturated rings. The average molecular weight is 269 g/mol. The molecule has 5 nitrogen and oxygen atoms in total. The fraction of sp³-hybridized carbons (Fsp3) is 0.857. The van der Waals surface area contributed by atoms with Crippen LogP contribution in [0.25, 0.3) is 0 Å². The molecule has 0 spiro atoms. The Morgan fingerprint density at radius 1 is 1.00 bits per heavy atom. The maximum absolute atomic E-state index is 12.3. The number of hydrogen-bond acceptors (Lipinski definition) is 3. The number of amides is 1. The van der Waals surface area contributed by atoms with Gasteiger partial charge in [-0.1, -0.05) is 25.7 Å². The summed E-state index contributed by atoms with van der Waals surface area (Å²) >= 11 is 0. The molecular weight excluding hydrogens is 246 g/mol. The van der Waals surface area contributed by atoms with E-state index in [1.165, 1.54) is 25.7 Å². The standard InChI is InChI=1S/C14H23NO4/c1-15(10-6-4-2-3-5-7-10)13(16)11-8-9-12(19-11)14(17)18/h10-12H,2-9H2,1H3,(H,17,18). The molecule has 0 aromatic rings. The van der Waals surface area contributed by atoms with Gasteiger partial charge >= 0.3 is 5.97 Å². The first kappa shape index (κ1) is 14.3. The molecule has 1 amide bonds. The van der Waals surface area contributed by atoms with Gasteiger partial charge in [0.2, 0.25) is 0 Å². The molecule has 2 aliphatic rings. The normalized spacial score (nSPS) is 28.9. The second-order valence-corrected chi connectivity index (χ2v) is 5.62. The third-order valence-corrected chi connectivity index (χ3v) is 4.29. The smallest absolute Gasteiger partial charge is 0.332 e. The molecule has 19 heavy (non-hydrogen) atoms. The molecule has 1 saturated carbocycles. The van der Waals surface area contributed by atoms with Crippen molar-refractivity contribution in [3.05, 3.63) is 0 Å². The number of ether oxygens (including phenoxy) is 1.